The van der Waals surface area contributed by atoms with Crippen molar-refractivity contribution in [2.45, 2.75) is 20.3 Å². The van der Waals surface area contributed by atoms with Crippen LogP contribution >= 0.6 is 0 Å². The zero-order valence-electron chi connectivity index (χ0n) is 12.7. The molecule has 0 bridgehead atoms. The molecular formula is C18H18N2O2. The lowest BCUT2D eigenvalue weighted by molar-refractivity contribution is 0.0953. The average molecular weight is 294 g/mol. The van der Waals surface area contributed by atoms with Crippen molar-refractivity contribution in [2.24, 2.45) is 0 Å². The number of amides is 1. The van der Waals surface area contributed by atoms with Gasteiger partial charge in [0.15, 0.2) is 11.5 Å². The number of hydrogen-bond donors (Lipinski definition) is 1. The molecule has 2 aromatic carbocycles. The van der Waals surface area contributed by atoms with Crippen LogP contribution < -0.4 is 5.32 Å². The van der Waals surface area contributed by atoms with Gasteiger partial charge in [0.05, 0.1) is 0 Å². The van der Waals surface area contributed by atoms with Crippen molar-refractivity contribution in [2.75, 3.05) is 6.54 Å². The van der Waals surface area contributed by atoms with Gasteiger partial charge in [-0.05, 0) is 42.7 Å². The van der Waals surface area contributed by atoms with Crippen LogP contribution in [0.3, 0.4) is 0 Å². The first kappa shape index (κ1) is 14.3. The quantitative estimate of drug-likeness (QED) is 0.802. The Hall–Kier alpha value is -2.62. The summed E-state index contributed by atoms with van der Waals surface area (Å²) in [7, 11) is 0. The molecule has 0 radical (unpaired) electrons. The largest absolute Gasteiger partial charge is 0.441 e. The predicted octanol–water partition coefficient (Wildman–Crippen LogP) is 3.42. The third-order valence-electron chi connectivity index (χ3n) is 3.65. The fourth-order valence-corrected chi connectivity index (χ4v) is 2.49. The van der Waals surface area contributed by atoms with Crippen LogP contribution in [0, 0.1) is 13.8 Å². The summed E-state index contributed by atoms with van der Waals surface area (Å²) in [6, 6.07) is 13.5. The molecule has 1 amide bonds. The molecule has 4 heteroatoms. The van der Waals surface area contributed by atoms with E-state index in [4.69, 9.17) is 4.42 Å². The molecule has 0 unspecified atom stereocenters. The Labute approximate surface area is 129 Å². The molecule has 1 heterocycles. The molecule has 1 aromatic heterocycles. The van der Waals surface area contributed by atoms with E-state index < -0.39 is 0 Å². The summed E-state index contributed by atoms with van der Waals surface area (Å²) in [4.78, 5) is 16.5. The minimum Gasteiger partial charge on any atom is -0.441 e. The van der Waals surface area contributed by atoms with Crippen LogP contribution in [0.2, 0.25) is 0 Å². The van der Waals surface area contributed by atoms with Crippen molar-refractivity contribution in [3.63, 3.8) is 0 Å². The van der Waals surface area contributed by atoms with Crippen LogP contribution in [0.15, 0.2) is 46.9 Å². The Morgan fingerprint density at radius 3 is 2.82 bits per heavy atom. The highest BCUT2D eigenvalue weighted by Gasteiger charge is 2.08. The first-order valence-corrected chi connectivity index (χ1v) is 7.33. The SMILES string of the molecule is Cc1nc2cc(CCNC(=O)c3ccccc3C)ccc2o1. The molecule has 22 heavy (non-hydrogen) atoms. The summed E-state index contributed by atoms with van der Waals surface area (Å²) < 4.78 is 5.46. The van der Waals surface area contributed by atoms with Crippen LogP contribution in [0.1, 0.15) is 27.4 Å². The molecule has 3 aromatic rings. The second-order valence-corrected chi connectivity index (χ2v) is 5.36. The van der Waals surface area contributed by atoms with Gasteiger partial charge in [-0.25, -0.2) is 4.98 Å². The van der Waals surface area contributed by atoms with Crippen molar-refractivity contribution in [1.29, 1.82) is 0 Å². The molecule has 0 saturated heterocycles. The summed E-state index contributed by atoms with van der Waals surface area (Å²) in [5, 5.41) is 2.96. The number of carbonyl (C=O) groups excluding carboxylic acids is 1. The summed E-state index contributed by atoms with van der Waals surface area (Å²) in [5.74, 6) is 0.636. The number of carbonyl (C=O) groups is 1. The Morgan fingerprint density at radius 1 is 1.18 bits per heavy atom. The van der Waals surface area contributed by atoms with Gasteiger partial charge in [-0.15, -0.1) is 0 Å². The number of aromatic nitrogens is 1. The van der Waals surface area contributed by atoms with E-state index in [1.54, 1.807) is 0 Å². The monoisotopic (exact) mass is 294 g/mol. The van der Waals surface area contributed by atoms with Gasteiger partial charge in [-0.2, -0.15) is 0 Å². The first-order chi connectivity index (χ1) is 10.6. The number of nitrogens with zero attached hydrogens (tertiary/aromatic N) is 1. The summed E-state index contributed by atoms with van der Waals surface area (Å²) in [6.45, 7) is 4.37. The zero-order valence-corrected chi connectivity index (χ0v) is 12.7. The van der Waals surface area contributed by atoms with Crippen LogP contribution in [0.5, 0.6) is 0 Å². The number of aryl methyl sites for hydroxylation is 2. The van der Waals surface area contributed by atoms with E-state index in [-0.39, 0.29) is 5.91 Å². The molecule has 1 N–H and O–H groups in total. The van der Waals surface area contributed by atoms with E-state index in [1.807, 2.05) is 56.3 Å². The first-order valence-electron chi connectivity index (χ1n) is 7.33. The Balaban J connectivity index is 1.62. The van der Waals surface area contributed by atoms with Gasteiger partial charge >= 0.3 is 0 Å². The third kappa shape index (κ3) is 3.01. The minimum atomic E-state index is -0.0311. The zero-order chi connectivity index (χ0) is 15.5. The Bertz CT molecular complexity index is 821. The second-order valence-electron chi connectivity index (χ2n) is 5.36. The van der Waals surface area contributed by atoms with Gasteiger partial charge in [0.1, 0.15) is 5.52 Å². The normalized spacial score (nSPS) is 10.8. The van der Waals surface area contributed by atoms with E-state index in [9.17, 15) is 4.79 Å². The highest BCUT2D eigenvalue weighted by molar-refractivity contribution is 5.95. The molecule has 3 rings (SSSR count). The number of rotatable bonds is 4. The van der Waals surface area contributed by atoms with Crippen LogP contribution in [-0.2, 0) is 6.42 Å². The van der Waals surface area contributed by atoms with Crippen molar-refractivity contribution in [3.05, 3.63) is 65.0 Å². The topological polar surface area (TPSA) is 55.1 Å². The second kappa shape index (κ2) is 6.02. The fourth-order valence-electron chi connectivity index (χ4n) is 2.49. The molecule has 4 nitrogen and oxygen atoms in total. The molecule has 0 atom stereocenters. The third-order valence-corrected chi connectivity index (χ3v) is 3.65. The Morgan fingerprint density at radius 2 is 2.00 bits per heavy atom. The molecule has 0 fully saturated rings. The number of fused-ring (bicyclic) bond motifs is 1. The van der Waals surface area contributed by atoms with Crippen molar-refractivity contribution < 1.29 is 9.21 Å². The summed E-state index contributed by atoms with van der Waals surface area (Å²) in [5.41, 5.74) is 4.50. The van der Waals surface area contributed by atoms with Crippen LogP contribution in [-0.4, -0.2) is 17.4 Å². The number of hydrogen-bond acceptors (Lipinski definition) is 3. The van der Waals surface area contributed by atoms with E-state index >= 15 is 0 Å². The smallest absolute Gasteiger partial charge is 0.251 e. The number of oxazole rings is 1. The van der Waals surface area contributed by atoms with Crippen molar-refractivity contribution in [1.82, 2.24) is 10.3 Å². The minimum absolute atomic E-state index is 0.0311. The number of nitrogens with one attached hydrogen (secondary N) is 1. The number of benzene rings is 2. The molecule has 112 valence electrons. The van der Waals surface area contributed by atoms with E-state index in [2.05, 4.69) is 10.3 Å². The Kier molecular flexibility index (Phi) is 3.92. The highest BCUT2D eigenvalue weighted by atomic mass is 16.3. The predicted molar refractivity (Wildman–Crippen MR) is 86.0 cm³/mol. The van der Waals surface area contributed by atoms with Crippen LogP contribution in [0.25, 0.3) is 11.1 Å². The van der Waals surface area contributed by atoms with Crippen molar-refractivity contribution >= 4 is 17.0 Å². The van der Waals surface area contributed by atoms with Crippen molar-refractivity contribution in [3.8, 4) is 0 Å². The summed E-state index contributed by atoms with van der Waals surface area (Å²) in [6.07, 6.45) is 0.763. The van der Waals surface area contributed by atoms with E-state index in [1.165, 1.54) is 0 Å². The molecule has 0 spiro atoms. The van der Waals surface area contributed by atoms with Gasteiger partial charge in [0, 0.05) is 19.0 Å². The van der Waals surface area contributed by atoms with Gasteiger partial charge in [0.2, 0.25) is 0 Å². The maximum atomic E-state index is 12.1. The average Bonchev–Trinajstić information content (AvgIpc) is 2.87. The van der Waals surface area contributed by atoms with Gasteiger partial charge in [0.25, 0.3) is 5.91 Å². The molecule has 0 aliphatic heterocycles. The molecule has 0 saturated carbocycles. The van der Waals surface area contributed by atoms with Crippen LogP contribution in [0.4, 0.5) is 0 Å². The highest BCUT2D eigenvalue weighted by Crippen LogP contribution is 2.17. The van der Waals surface area contributed by atoms with Gasteiger partial charge < -0.3 is 9.73 Å². The molecule has 0 aliphatic rings. The lowest BCUT2D eigenvalue weighted by atomic mass is 10.1. The van der Waals surface area contributed by atoms with Gasteiger partial charge in [-0.3, -0.25) is 4.79 Å². The lowest BCUT2D eigenvalue weighted by Gasteiger charge is -2.07. The fraction of sp³-hybridized carbons (Fsp3) is 0.222. The van der Waals surface area contributed by atoms with E-state index in [0.29, 0.717) is 12.4 Å². The maximum Gasteiger partial charge on any atom is 0.251 e. The van der Waals surface area contributed by atoms with E-state index in [0.717, 1.165) is 34.2 Å². The standard InChI is InChI=1S/C18H18N2O2/c1-12-5-3-4-6-15(12)18(21)19-10-9-14-7-8-17-16(11-14)20-13(2)22-17/h3-8,11H,9-10H2,1-2H3,(H,19,21). The van der Waals surface area contributed by atoms with Gasteiger partial charge in [-0.1, -0.05) is 24.3 Å². The molecule has 0 aliphatic carbocycles. The summed E-state index contributed by atoms with van der Waals surface area (Å²) >= 11 is 0. The lowest BCUT2D eigenvalue weighted by Crippen LogP contribution is -2.26. The maximum absolute atomic E-state index is 12.1. The molecular weight excluding hydrogens is 276 g/mol.